The van der Waals surface area contributed by atoms with Crippen LogP contribution in [0.15, 0.2) is 53.6 Å². The monoisotopic (exact) mass is 583 g/mol. The first-order valence-corrected chi connectivity index (χ1v) is 16.2. The summed E-state index contributed by atoms with van der Waals surface area (Å²) in [6.07, 6.45) is 9.46. The molecule has 8 atom stereocenters. The predicted octanol–water partition coefficient (Wildman–Crippen LogP) is 7.57. The lowest BCUT2D eigenvalue weighted by atomic mass is 9.35. The Bertz CT molecular complexity index is 1450. The molecule has 2 amide bonds. The largest absolute Gasteiger partial charge is 0.387 e. The third-order valence-electron chi connectivity index (χ3n) is 13.5. The van der Waals surface area contributed by atoms with Crippen LogP contribution in [0, 0.1) is 56.2 Å². The van der Waals surface area contributed by atoms with Crippen LogP contribution in [0.4, 0.5) is 10.5 Å². The van der Waals surface area contributed by atoms with Gasteiger partial charge >= 0.3 is 6.03 Å². The average Bonchev–Trinajstić information content (AvgIpc) is 2.93. The Labute approximate surface area is 257 Å². The number of nitrogens with one attached hydrogen (secondary N) is 2. The molecule has 3 saturated carbocycles. The maximum atomic E-state index is 14.7. The van der Waals surface area contributed by atoms with Crippen LogP contribution in [0.3, 0.4) is 0 Å². The van der Waals surface area contributed by atoms with E-state index in [1.165, 1.54) is 0 Å². The molecule has 6 nitrogen and oxygen atoms in total. The number of anilines is 1. The molecule has 0 bridgehead atoms. The Morgan fingerprint density at radius 3 is 2.33 bits per heavy atom. The van der Waals surface area contributed by atoms with Crippen LogP contribution >= 0.6 is 0 Å². The lowest BCUT2D eigenvalue weighted by Gasteiger charge is -2.69. The number of amides is 2. The van der Waals surface area contributed by atoms with Crippen LogP contribution in [0.2, 0.25) is 0 Å². The molecule has 3 unspecified atom stereocenters. The van der Waals surface area contributed by atoms with Crippen molar-refractivity contribution in [3.05, 3.63) is 53.6 Å². The number of urea groups is 1. The Hall–Kier alpha value is -2.91. The number of carbonyl (C=O) groups is 2. The summed E-state index contributed by atoms with van der Waals surface area (Å²) >= 11 is 0. The maximum absolute atomic E-state index is 14.7. The number of ketones is 1. The molecule has 1 aromatic carbocycles. The van der Waals surface area contributed by atoms with E-state index >= 15 is 0 Å². The number of nitrogens with zero attached hydrogens (tertiary/aromatic N) is 1. The molecule has 0 aromatic heterocycles. The smallest absolute Gasteiger partial charge is 0.319 e. The van der Waals surface area contributed by atoms with E-state index in [-0.39, 0.29) is 45.8 Å². The molecule has 6 rings (SSSR count). The Morgan fingerprint density at radius 1 is 0.977 bits per heavy atom. The van der Waals surface area contributed by atoms with Gasteiger partial charge in [-0.3, -0.25) is 4.79 Å². The zero-order valence-corrected chi connectivity index (χ0v) is 27.0. The van der Waals surface area contributed by atoms with Crippen molar-refractivity contribution in [1.29, 1.82) is 5.26 Å². The van der Waals surface area contributed by atoms with E-state index in [0.29, 0.717) is 5.57 Å². The van der Waals surface area contributed by atoms with Crippen LogP contribution in [-0.4, -0.2) is 28.6 Å². The minimum absolute atomic E-state index is 0.0269. The first-order valence-electron chi connectivity index (χ1n) is 16.2. The minimum atomic E-state index is -0.809. The minimum Gasteiger partial charge on any atom is -0.387 e. The zero-order valence-electron chi connectivity index (χ0n) is 27.0. The van der Waals surface area contributed by atoms with Crippen molar-refractivity contribution in [1.82, 2.24) is 5.32 Å². The molecule has 0 spiro atoms. The highest BCUT2D eigenvalue weighted by molar-refractivity contribution is 5.96. The number of rotatable bonds is 2. The van der Waals surface area contributed by atoms with Crippen molar-refractivity contribution in [3.8, 4) is 6.07 Å². The fraction of sp³-hybridized carbons (Fsp3) is 0.649. The molecule has 0 heterocycles. The Kier molecular flexibility index (Phi) is 6.69. The second-order valence-electron chi connectivity index (χ2n) is 16.6. The van der Waals surface area contributed by atoms with Crippen molar-refractivity contribution in [2.45, 2.75) is 105 Å². The summed E-state index contributed by atoms with van der Waals surface area (Å²) < 4.78 is 0. The molecule has 0 radical (unpaired) electrons. The second-order valence-corrected chi connectivity index (χ2v) is 16.6. The van der Waals surface area contributed by atoms with E-state index in [1.54, 1.807) is 0 Å². The Balaban J connectivity index is 1.43. The third-order valence-corrected chi connectivity index (χ3v) is 13.5. The summed E-state index contributed by atoms with van der Waals surface area (Å²) in [6.45, 7) is 15.7. The van der Waals surface area contributed by atoms with E-state index in [1.807, 2.05) is 42.5 Å². The number of nitriles is 1. The second kappa shape index (κ2) is 9.54. The summed E-state index contributed by atoms with van der Waals surface area (Å²) in [6, 6.07) is 11.6. The van der Waals surface area contributed by atoms with Gasteiger partial charge < -0.3 is 15.7 Å². The van der Waals surface area contributed by atoms with Crippen molar-refractivity contribution in [3.63, 3.8) is 0 Å². The highest BCUT2D eigenvalue weighted by Crippen LogP contribution is 2.73. The third kappa shape index (κ3) is 4.20. The number of benzene rings is 1. The number of allylic oxidation sites excluding steroid dienone is 3. The first kappa shape index (κ1) is 30.1. The number of aliphatic hydroxyl groups is 1. The maximum Gasteiger partial charge on any atom is 0.319 e. The van der Waals surface area contributed by atoms with Gasteiger partial charge in [0.2, 0.25) is 0 Å². The molecule has 0 saturated heterocycles. The summed E-state index contributed by atoms with van der Waals surface area (Å²) in [7, 11) is 0. The molecule has 1 aromatic rings. The first-order chi connectivity index (χ1) is 20.0. The number of hydrogen-bond donors (Lipinski definition) is 3. The topological polar surface area (TPSA) is 102 Å². The molecule has 6 heteroatoms. The summed E-state index contributed by atoms with van der Waals surface area (Å²) in [4.78, 5) is 28.1. The molecule has 43 heavy (non-hydrogen) atoms. The summed E-state index contributed by atoms with van der Waals surface area (Å²) in [5, 5.41) is 27.7. The van der Waals surface area contributed by atoms with E-state index in [2.05, 4.69) is 65.2 Å². The van der Waals surface area contributed by atoms with Crippen LogP contribution in [0.5, 0.6) is 0 Å². The average molecular weight is 584 g/mol. The van der Waals surface area contributed by atoms with Gasteiger partial charge in [-0.05, 0) is 96.7 Å². The lowest BCUT2D eigenvalue weighted by Crippen LogP contribution is -2.70. The predicted molar refractivity (Wildman–Crippen MR) is 169 cm³/mol. The summed E-state index contributed by atoms with van der Waals surface area (Å²) in [5.74, 6) is 0.121. The van der Waals surface area contributed by atoms with Crippen molar-refractivity contribution in [2.24, 2.45) is 44.8 Å². The van der Waals surface area contributed by atoms with Gasteiger partial charge in [-0.25, -0.2) is 4.79 Å². The molecule has 5 aliphatic rings. The van der Waals surface area contributed by atoms with E-state index in [0.717, 1.165) is 56.2 Å². The van der Waals surface area contributed by atoms with Gasteiger partial charge in [0, 0.05) is 22.6 Å². The number of fused-ring (bicyclic) bond motifs is 7. The van der Waals surface area contributed by atoms with Crippen LogP contribution in [0.1, 0.15) is 93.4 Å². The van der Waals surface area contributed by atoms with Gasteiger partial charge in [0.15, 0.2) is 5.78 Å². The van der Waals surface area contributed by atoms with Gasteiger partial charge in [0.1, 0.15) is 0 Å². The lowest BCUT2D eigenvalue weighted by molar-refractivity contribution is -0.161. The quantitative estimate of drug-likeness (QED) is 0.334. The van der Waals surface area contributed by atoms with E-state index in [4.69, 9.17) is 0 Å². The number of aliphatic hydroxyl groups excluding tert-OH is 1. The molecule has 3 N–H and O–H groups in total. The highest BCUT2D eigenvalue weighted by Gasteiger charge is 2.70. The molecule has 5 aliphatic carbocycles. The van der Waals surface area contributed by atoms with E-state index in [9.17, 15) is 20.0 Å². The fourth-order valence-electron chi connectivity index (χ4n) is 10.9. The van der Waals surface area contributed by atoms with Crippen molar-refractivity contribution < 1.29 is 14.7 Å². The van der Waals surface area contributed by atoms with Gasteiger partial charge in [0.05, 0.1) is 17.7 Å². The molecule has 0 aliphatic heterocycles. The van der Waals surface area contributed by atoms with Gasteiger partial charge in [0.25, 0.3) is 0 Å². The fourth-order valence-corrected chi connectivity index (χ4v) is 10.9. The van der Waals surface area contributed by atoms with Crippen LogP contribution in [-0.2, 0) is 4.79 Å². The van der Waals surface area contributed by atoms with E-state index < -0.39 is 22.5 Å². The van der Waals surface area contributed by atoms with Gasteiger partial charge in [-0.1, -0.05) is 78.3 Å². The molecule has 230 valence electrons. The number of hydrogen-bond acceptors (Lipinski definition) is 4. The van der Waals surface area contributed by atoms with Gasteiger partial charge in [-0.15, -0.1) is 0 Å². The summed E-state index contributed by atoms with van der Waals surface area (Å²) in [5.41, 5.74) is 0.447. The molecule has 3 fully saturated rings. The number of para-hydroxylation sites is 1. The van der Waals surface area contributed by atoms with Gasteiger partial charge in [-0.2, -0.15) is 5.26 Å². The normalized spacial score (nSPS) is 42.4. The highest BCUT2D eigenvalue weighted by atomic mass is 16.3. The number of carbonyl (C=O) groups excluding carboxylic acids is 2. The van der Waals surface area contributed by atoms with Crippen molar-refractivity contribution >= 4 is 17.5 Å². The SMILES string of the molecule is CC1(C)CC[C@]2(NC(=O)Nc3ccccc3)CC[C@]3(C)C(C(=O)C=C4[C@@]5(C)C=C(C#N)C(O)C(C)(C)[C@@H]5CC[C@]43C)C2C1. The molecular formula is C37H49N3O3. The van der Waals surface area contributed by atoms with Crippen LogP contribution < -0.4 is 10.6 Å². The Morgan fingerprint density at radius 2 is 1.65 bits per heavy atom. The standard InChI is InChI=1S/C37H49N3O3/c1-32(2)15-17-37(40-31(43)39-24-11-9-8-10-12-24)18-16-36(7)29(25(37)21-32)26(41)19-28-34(5)20-23(22-38)30(42)33(3,4)27(34)13-14-35(28,36)6/h8-12,19-20,25,27,29-30,42H,13-18,21H2,1-7H3,(H2,39,40,43)/t25?,27-,29?,30?,34-,35+,36+,37-/m0/s1. The molecular weight excluding hydrogens is 534 g/mol. The van der Waals surface area contributed by atoms with Crippen molar-refractivity contribution in [2.75, 3.05) is 5.32 Å². The van der Waals surface area contributed by atoms with Crippen LogP contribution in [0.25, 0.3) is 0 Å². The zero-order chi connectivity index (χ0) is 31.2.